The Morgan fingerprint density at radius 1 is 1.06 bits per heavy atom. The molecular formula is C21H18F3N5O2. The molecule has 4 rings (SSSR count). The Balaban J connectivity index is 1.91. The molecule has 2 heterocycles. The van der Waals surface area contributed by atoms with Crippen molar-refractivity contribution in [2.45, 2.75) is 13.0 Å². The van der Waals surface area contributed by atoms with E-state index in [-0.39, 0.29) is 24.9 Å². The molecule has 3 aromatic rings. The van der Waals surface area contributed by atoms with E-state index >= 15 is 0 Å². The third-order valence-corrected chi connectivity index (χ3v) is 4.71. The lowest BCUT2D eigenvalue weighted by Gasteiger charge is -2.30. The largest absolute Gasteiger partial charge is 0.396 e. The minimum atomic E-state index is -0.931. The van der Waals surface area contributed by atoms with Crippen LogP contribution in [0.4, 0.5) is 35.4 Å². The second kappa shape index (κ2) is 8.60. The zero-order valence-electron chi connectivity index (χ0n) is 16.2. The zero-order chi connectivity index (χ0) is 22.0. The molecule has 2 aromatic carbocycles. The fourth-order valence-corrected chi connectivity index (χ4v) is 3.27. The van der Waals surface area contributed by atoms with Crippen LogP contribution in [-0.2, 0) is 6.54 Å². The van der Waals surface area contributed by atoms with Crippen molar-refractivity contribution in [3.05, 3.63) is 65.5 Å². The van der Waals surface area contributed by atoms with Crippen LogP contribution in [0.25, 0.3) is 11.3 Å². The number of carbonyl (C=O) groups excluding carboxylic acids is 1. The number of aromatic nitrogens is 2. The van der Waals surface area contributed by atoms with Crippen LogP contribution in [0.15, 0.2) is 42.5 Å². The van der Waals surface area contributed by atoms with Crippen LogP contribution in [0.3, 0.4) is 0 Å². The number of hydrogen-bond acceptors (Lipinski definition) is 5. The average molecular weight is 429 g/mol. The Morgan fingerprint density at radius 2 is 1.77 bits per heavy atom. The van der Waals surface area contributed by atoms with Gasteiger partial charge in [0.05, 0.1) is 12.2 Å². The molecule has 0 atom stereocenters. The summed E-state index contributed by atoms with van der Waals surface area (Å²) in [5, 5.41) is 14.5. The van der Waals surface area contributed by atoms with Gasteiger partial charge >= 0.3 is 6.03 Å². The average Bonchev–Trinajstić information content (AvgIpc) is 2.75. The highest BCUT2D eigenvalue weighted by Crippen LogP contribution is 2.38. The molecule has 0 aliphatic carbocycles. The van der Waals surface area contributed by atoms with Crippen LogP contribution in [0.5, 0.6) is 0 Å². The molecule has 1 aliphatic heterocycles. The summed E-state index contributed by atoms with van der Waals surface area (Å²) < 4.78 is 42.5. The molecule has 1 aliphatic rings. The van der Waals surface area contributed by atoms with E-state index in [0.717, 1.165) is 17.0 Å². The van der Waals surface area contributed by atoms with Crippen molar-refractivity contribution in [1.82, 2.24) is 15.3 Å². The van der Waals surface area contributed by atoms with E-state index in [1.165, 1.54) is 30.3 Å². The van der Waals surface area contributed by atoms with Crippen LogP contribution in [0.2, 0.25) is 0 Å². The van der Waals surface area contributed by atoms with Crippen molar-refractivity contribution in [3.8, 4) is 11.3 Å². The molecular weight excluding hydrogens is 411 g/mol. The number of benzene rings is 2. The first-order valence-electron chi connectivity index (χ1n) is 9.53. The Labute approximate surface area is 175 Å². The summed E-state index contributed by atoms with van der Waals surface area (Å²) in [6.45, 7) is 0.292. The molecule has 3 N–H and O–H groups in total. The molecule has 160 valence electrons. The minimum Gasteiger partial charge on any atom is -0.396 e. The van der Waals surface area contributed by atoms with Gasteiger partial charge in [0.2, 0.25) is 5.95 Å². The van der Waals surface area contributed by atoms with E-state index in [1.54, 1.807) is 0 Å². The van der Waals surface area contributed by atoms with Gasteiger partial charge in [-0.3, -0.25) is 0 Å². The molecule has 0 bridgehead atoms. The molecule has 0 spiro atoms. The standard InChI is InChI=1S/C21H18F3N5O2/c22-13-7-5-12(6-8-13)17-14-11-26-21(31)29(18-15(23)3-1-4-16(18)24)19(14)28-20(27-17)25-9-2-10-30/h1,3-8,30H,2,9-11H2,(H,26,31)(H,25,27,28). The Morgan fingerprint density at radius 3 is 2.45 bits per heavy atom. The maximum atomic E-state index is 14.5. The van der Waals surface area contributed by atoms with E-state index < -0.39 is 29.2 Å². The van der Waals surface area contributed by atoms with Crippen LogP contribution < -0.4 is 15.5 Å². The van der Waals surface area contributed by atoms with Crippen LogP contribution in [0, 0.1) is 17.5 Å². The van der Waals surface area contributed by atoms with Crippen LogP contribution >= 0.6 is 0 Å². The highest BCUT2D eigenvalue weighted by molar-refractivity contribution is 6.02. The molecule has 10 heteroatoms. The van der Waals surface area contributed by atoms with Crippen LogP contribution in [-0.4, -0.2) is 34.3 Å². The summed E-state index contributed by atoms with van der Waals surface area (Å²) >= 11 is 0. The highest BCUT2D eigenvalue weighted by atomic mass is 19.1. The SMILES string of the molecule is O=C1NCc2c(-c3ccc(F)cc3)nc(NCCCO)nc2N1c1c(F)cccc1F. The van der Waals surface area contributed by atoms with E-state index in [0.29, 0.717) is 29.8 Å². The first kappa shape index (κ1) is 20.6. The van der Waals surface area contributed by atoms with Gasteiger partial charge in [0.1, 0.15) is 23.1 Å². The molecule has 2 amide bonds. The smallest absolute Gasteiger partial charge is 0.328 e. The number of halogens is 3. The van der Waals surface area contributed by atoms with Crippen LogP contribution in [0.1, 0.15) is 12.0 Å². The number of nitrogens with one attached hydrogen (secondary N) is 2. The molecule has 0 saturated heterocycles. The van der Waals surface area contributed by atoms with Gasteiger partial charge < -0.3 is 15.7 Å². The van der Waals surface area contributed by atoms with Gasteiger partial charge in [-0.25, -0.2) is 27.8 Å². The normalized spacial score (nSPS) is 13.0. The summed E-state index contributed by atoms with van der Waals surface area (Å²) in [5.74, 6) is -2.19. The van der Waals surface area contributed by atoms with Gasteiger partial charge in [-0.1, -0.05) is 6.07 Å². The van der Waals surface area contributed by atoms with Crippen molar-refractivity contribution in [1.29, 1.82) is 0 Å². The monoisotopic (exact) mass is 429 g/mol. The number of nitrogens with zero attached hydrogens (tertiary/aromatic N) is 3. The van der Waals surface area contributed by atoms with Gasteiger partial charge in [-0.2, -0.15) is 4.98 Å². The minimum absolute atomic E-state index is 0.00794. The first-order valence-corrected chi connectivity index (χ1v) is 9.53. The van der Waals surface area contributed by atoms with Crippen molar-refractivity contribution in [2.75, 3.05) is 23.4 Å². The van der Waals surface area contributed by atoms with Gasteiger partial charge in [0, 0.05) is 24.3 Å². The van der Waals surface area contributed by atoms with Gasteiger partial charge in [0.15, 0.2) is 5.82 Å². The number of rotatable bonds is 6. The molecule has 0 fully saturated rings. The Hall–Kier alpha value is -3.66. The number of amides is 2. The molecule has 1 aromatic heterocycles. The maximum absolute atomic E-state index is 14.5. The highest BCUT2D eigenvalue weighted by Gasteiger charge is 2.33. The number of aliphatic hydroxyl groups excluding tert-OH is 1. The third-order valence-electron chi connectivity index (χ3n) is 4.71. The summed E-state index contributed by atoms with van der Waals surface area (Å²) in [6, 6.07) is 8.09. The number of aliphatic hydroxyl groups is 1. The third kappa shape index (κ3) is 4.02. The first-order chi connectivity index (χ1) is 15.0. The predicted octanol–water partition coefficient (Wildman–Crippen LogP) is 3.72. The number of fused-ring (bicyclic) bond motifs is 1. The predicted molar refractivity (Wildman–Crippen MR) is 108 cm³/mol. The van der Waals surface area contributed by atoms with E-state index in [9.17, 15) is 18.0 Å². The topological polar surface area (TPSA) is 90.4 Å². The molecule has 31 heavy (non-hydrogen) atoms. The lowest BCUT2D eigenvalue weighted by molar-refractivity contribution is 0.246. The Bertz CT molecular complexity index is 1100. The van der Waals surface area contributed by atoms with Crippen molar-refractivity contribution >= 4 is 23.5 Å². The molecule has 7 nitrogen and oxygen atoms in total. The quantitative estimate of drug-likeness (QED) is 0.520. The second-order valence-electron chi connectivity index (χ2n) is 6.77. The van der Waals surface area contributed by atoms with Crippen molar-refractivity contribution < 1.29 is 23.1 Å². The number of hydrogen-bond donors (Lipinski definition) is 3. The van der Waals surface area contributed by atoms with E-state index in [1.807, 2.05) is 0 Å². The van der Waals surface area contributed by atoms with Crippen molar-refractivity contribution in [3.63, 3.8) is 0 Å². The lowest BCUT2D eigenvalue weighted by atomic mass is 10.0. The second-order valence-corrected chi connectivity index (χ2v) is 6.77. The van der Waals surface area contributed by atoms with Gasteiger partial charge in [0.25, 0.3) is 0 Å². The summed E-state index contributed by atoms with van der Waals surface area (Å²) in [4.78, 5) is 22.3. The maximum Gasteiger partial charge on any atom is 0.328 e. The van der Waals surface area contributed by atoms with E-state index in [4.69, 9.17) is 5.11 Å². The number of urea groups is 1. The Kier molecular flexibility index (Phi) is 5.72. The van der Waals surface area contributed by atoms with E-state index in [2.05, 4.69) is 20.6 Å². The summed E-state index contributed by atoms with van der Waals surface area (Å²) in [5.41, 5.74) is 0.765. The fraction of sp³-hybridized carbons (Fsp3) is 0.190. The van der Waals surface area contributed by atoms with Gasteiger partial charge in [-0.05, 0) is 42.8 Å². The molecule has 0 radical (unpaired) electrons. The lowest BCUT2D eigenvalue weighted by Crippen LogP contribution is -2.43. The van der Waals surface area contributed by atoms with Gasteiger partial charge in [-0.15, -0.1) is 0 Å². The van der Waals surface area contributed by atoms with Crippen molar-refractivity contribution in [2.24, 2.45) is 0 Å². The molecule has 0 saturated carbocycles. The fourth-order valence-electron chi connectivity index (χ4n) is 3.27. The summed E-state index contributed by atoms with van der Waals surface area (Å²) in [6.07, 6.45) is 0.415. The molecule has 0 unspecified atom stereocenters. The zero-order valence-corrected chi connectivity index (χ0v) is 16.2. The summed E-state index contributed by atoms with van der Waals surface area (Å²) in [7, 11) is 0. The number of carbonyl (C=O) groups is 1. The number of para-hydroxylation sites is 1. The number of anilines is 3.